The number of aromatic nitrogens is 1. The van der Waals surface area contributed by atoms with Crippen LogP contribution in [0.3, 0.4) is 0 Å². The first-order chi connectivity index (χ1) is 10.1. The molecule has 1 aromatic carbocycles. The Kier molecular flexibility index (Phi) is 4.42. The van der Waals surface area contributed by atoms with E-state index in [2.05, 4.69) is 4.98 Å². The Hall–Kier alpha value is -2.56. The average molecular weight is 287 g/mol. The maximum Gasteiger partial charge on any atom is 0.339 e. The van der Waals surface area contributed by atoms with Crippen molar-refractivity contribution in [3.05, 3.63) is 63.1 Å². The Bertz CT molecular complexity index is 718. The van der Waals surface area contributed by atoms with Gasteiger partial charge in [-0.1, -0.05) is 18.2 Å². The van der Waals surface area contributed by atoms with Gasteiger partial charge < -0.3 is 14.5 Å². The number of hydrogen-bond acceptors (Lipinski definition) is 4. The number of carbonyl (C=O) groups excluding carboxylic acids is 1. The van der Waals surface area contributed by atoms with Crippen LogP contribution in [0.25, 0.3) is 0 Å². The van der Waals surface area contributed by atoms with Crippen LogP contribution in [0.5, 0.6) is 5.75 Å². The molecule has 0 aliphatic heterocycles. The summed E-state index contributed by atoms with van der Waals surface area (Å²) < 4.78 is 10.00. The molecule has 0 saturated heterocycles. The molecule has 21 heavy (non-hydrogen) atoms. The summed E-state index contributed by atoms with van der Waals surface area (Å²) in [5.74, 6) is 0.238. The standard InChI is InChI=1S/C16H17NO4/c1-10-13(16(19)21-3)9-12(15(18)17-10)8-11-6-4-5-7-14(11)20-2/h4-7,9H,8H2,1-3H3,(H,17,18). The number of methoxy groups -OCH3 is 2. The molecule has 2 rings (SSSR count). The van der Waals surface area contributed by atoms with E-state index in [0.717, 1.165) is 5.56 Å². The molecule has 1 N–H and O–H groups in total. The van der Waals surface area contributed by atoms with E-state index < -0.39 is 5.97 Å². The third-order valence-electron chi connectivity index (χ3n) is 3.29. The zero-order valence-electron chi connectivity index (χ0n) is 12.2. The van der Waals surface area contributed by atoms with Crippen molar-refractivity contribution in [2.45, 2.75) is 13.3 Å². The topological polar surface area (TPSA) is 68.4 Å². The van der Waals surface area contributed by atoms with Crippen LogP contribution < -0.4 is 10.3 Å². The molecule has 0 amide bonds. The van der Waals surface area contributed by atoms with E-state index in [0.29, 0.717) is 29.0 Å². The van der Waals surface area contributed by atoms with Gasteiger partial charge in [-0.05, 0) is 24.6 Å². The number of carbonyl (C=O) groups is 1. The predicted molar refractivity (Wildman–Crippen MR) is 78.9 cm³/mol. The van der Waals surface area contributed by atoms with E-state index >= 15 is 0 Å². The maximum atomic E-state index is 12.1. The third kappa shape index (κ3) is 3.13. The van der Waals surface area contributed by atoms with E-state index in [1.807, 2.05) is 24.3 Å². The Morgan fingerprint density at radius 3 is 2.57 bits per heavy atom. The Labute approximate surface area is 122 Å². The zero-order chi connectivity index (χ0) is 15.4. The molecule has 0 aliphatic rings. The fourth-order valence-corrected chi connectivity index (χ4v) is 2.17. The summed E-state index contributed by atoms with van der Waals surface area (Å²) in [5, 5.41) is 0. The smallest absolute Gasteiger partial charge is 0.339 e. The highest BCUT2D eigenvalue weighted by atomic mass is 16.5. The largest absolute Gasteiger partial charge is 0.496 e. The highest BCUT2D eigenvalue weighted by Gasteiger charge is 2.14. The third-order valence-corrected chi connectivity index (χ3v) is 3.29. The predicted octanol–water partition coefficient (Wildman–Crippen LogP) is 2.07. The van der Waals surface area contributed by atoms with Crippen LogP contribution in [0.1, 0.15) is 27.2 Å². The van der Waals surface area contributed by atoms with Gasteiger partial charge in [0.1, 0.15) is 5.75 Å². The molecule has 0 bridgehead atoms. The van der Waals surface area contributed by atoms with E-state index in [4.69, 9.17) is 9.47 Å². The van der Waals surface area contributed by atoms with Crippen molar-refractivity contribution in [3.8, 4) is 5.75 Å². The lowest BCUT2D eigenvalue weighted by Crippen LogP contribution is -2.18. The summed E-state index contributed by atoms with van der Waals surface area (Å²) in [7, 11) is 2.89. The van der Waals surface area contributed by atoms with Gasteiger partial charge in [-0.25, -0.2) is 4.79 Å². The van der Waals surface area contributed by atoms with Gasteiger partial charge in [-0.3, -0.25) is 4.79 Å². The number of para-hydroxylation sites is 1. The summed E-state index contributed by atoms with van der Waals surface area (Å²) in [5.41, 5.74) is 2.01. The van der Waals surface area contributed by atoms with Crippen molar-refractivity contribution in [1.29, 1.82) is 0 Å². The quantitative estimate of drug-likeness (QED) is 0.874. The van der Waals surface area contributed by atoms with Crippen LogP contribution in [-0.2, 0) is 11.2 Å². The zero-order valence-corrected chi connectivity index (χ0v) is 12.2. The summed E-state index contributed by atoms with van der Waals surface area (Å²) in [4.78, 5) is 26.4. The van der Waals surface area contributed by atoms with Crippen LogP contribution in [0.2, 0.25) is 0 Å². The summed E-state index contributed by atoms with van der Waals surface area (Å²) >= 11 is 0. The van der Waals surface area contributed by atoms with E-state index in [-0.39, 0.29) is 5.56 Å². The molecule has 0 saturated carbocycles. The van der Waals surface area contributed by atoms with Gasteiger partial charge in [-0.15, -0.1) is 0 Å². The minimum absolute atomic E-state index is 0.217. The number of H-pyrrole nitrogens is 1. The minimum Gasteiger partial charge on any atom is -0.496 e. The van der Waals surface area contributed by atoms with Gasteiger partial charge in [0.25, 0.3) is 5.56 Å². The van der Waals surface area contributed by atoms with Crippen molar-refractivity contribution in [2.75, 3.05) is 14.2 Å². The van der Waals surface area contributed by atoms with Crippen molar-refractivity contribution in [2.24, 2.45) is 0 Å². The molecule has 0 unspecified atom stereocenters. The lowest BCUT2D eigenvalue weighted by atomic mass is 10.0. The molecule has 2 aromatic rings. The van der Waals surface area contributed by atoms with Crippen LogP contribution in [0.4, 0.5) is 0 Å². The van der Waals surface area contributed by atoms with Crippen molar-refractivity contribution in [1.82, 2.24) is 4.98 Å². The second-order valence-corrected chi connectivity index (χ2v) is 4.64. The van der Waals surface area contributed by atoms with Gasteiger partial charge in [0.2, 0.25) is 0 Å². The summed E-state index contributed by atoms with van der Waals surface area (Å²) in [6.07, 6.45) is 0.379. The van der Waals surface area contributed by atoms with E-state index in [9.17, 15) is 9.59 Å². The Balaban J connectivity index is 2.45. The highest BCUT2D eigenvalue weighted by Crippen LogP contribution is 2.20. The molecule has 0 radical (unpaired) electrons. The van der Waals surface area contributed by atoms with Crippen LogP contribution in [0.15, 0.2) is 35.1 Å². The van der Waals surface area contributed by atoms with E-state index in [1.165, 1.54) is 7.11 Å². The van der Waals surface area contributed by atoms with Gasteiger partial charge in [0, 0.05) is 17.7 Å². The van der Waals surface area contributed by atoms with Crippen LogP contribution >= 0.6 is 0 Å². The number of esters is 1. The first kappa shape index (κ1) is 14.8. The lowest BCUT2D eigenvalue weighted by Gasteiger charge is -2.10. The summed E-state index contributed by atoms with van der Waals surface area (Å²) in [6, 6.07) is 9.03. The number of ether oxygens (including phenoxy) is 2. The lowest BCUT2D eigenvalue weighted by molar-refractivity contribution is 0.0599. The van der Waals surface area contributed by atoms with Crippen molar-refractivity contribution in [3.63, 3.8) is 0 Å². The number of aromatic amines is 1. The molecule has 0 aliphatic carbocycles. The molecule has 0 fully saturated rings. The number of benzene rings is 1. The summed E-state index contributed by atoms with van der Waals surface area (Å²) in [6.45, 7) is 1.67. The van der Waals surface area contributed by atoms with E-state index in [1.54, 1.807) is 20.1 Å². The molecule has 0 spiro atoms. The van der Waals surface area contributed by atoms with Crippen LogP contribution in [-0.4, -0.2) is 25.2 Å². The molecule has 5 heteroatoms. The van der Waals surface area contributed by atoms with Gasteiger partial charge in [-0.2, -0.15) is 0 Å². The Morgan fingerprint density at radius 2 is 1.90 bits per heavy atom. The first-order valence-corrected chi connectivity index (χ1v) is 6.49. The van der Waals surface area contributed by atoms with Gasteiger partial charge in [0.05, 0.1) is 19.8 Å². The Morgan fingerprint density at radius 1 is 1.19 bits per heavy atom. The van der Waals surface area contributed by atoms with Crippen molar-refractivity contribution >= 4 is 5.97 Å². The molecule has 1 heterocycles. The fraction of sp³-hybridized carbons (Fsp3) is 0.250. The van der Waals surface area contributed by atoms with Gasteiger partial charge >= 0.3 is 5.97 Å². The number of rotatable bonds is 4. The SMILES string of the molecule is COC(=O)c1cc(Cc2ccccc2OC)c(=O)[nH]c1C. The molecular weight excluding hydrogens is 270 g/mol. The maximum absolute atomic E-state index is 12.1. The highest BCUT2D eigenvalue weighted by molar-refractivity contribution is 5.90. The number of hydrogen-bond donors (Lipinski definition) is 1. The molecule has 110 valence electrons. The monoisotopic (exact) mass is 287 g/mol. The normalized spacial score (nSPS) is 10.2. The molecule has 1 aromatic heterocycles. The fourth-order valence-electron chi connectivity index (χ4n) is 2.17. The minimum atomic E-state index is -0.468. The molecule has 5 nitrogen and oxygen atoms in total. The van der Waals surface area contributed by atoms with Gasteiger partial charge in [0.15, 0.2) is 0 Å². The number of aryl methyl sites for hydroxylation is 1. The number of pyridine rings is 1. The molecule has 0 atom stereocenters. The second kappa shape index (κ2) is 6.26. The average Bonchev–Trinajstić information content (AvgIpc) is 2.49. The molecular formula is C16H17NO4. The second-order valence-electron chi connectivity index (χ2n) is 4.64. The van der Waals surface area contributed by atoms with Crippen LogP contribution in [0, 0.1) is 6.92 Å². The first-order valence-electron chi connectivity index (χ1n) is 6.49. The van der Waals surface area contributed by atoms with Crippen molar-refractivity contribution < 1.29 is 14.3 Å². The number of nitrogens with one attached hydrogen (secondary N) is 1.